The van der Waals surface area contributed by atoms with E-state index in [9.17, 15) is 4.39 Å². The van der Waals surface area contributed by atoms with Gasteiger partial charge in [-0.2, -0.15) is 0 Å². The van der Waals surface area contributed by atoms with Gasteiger partial charge in [-0.15, -0.1) is 0 Å². The quantitative estimate of drug-likeness (QED) is 0.220. The van der Waals surface area contributed by atoms with E-state index >= 15 is 0 Å². The number of hydrogen-bond acceptors (Lipinski definition) is 3. The second-order valence-corrected chi connectivity index (χ2v) is 9.45. The molecule has 0 aliphatic heterocycles. The summed E-state index contributed by atoms with van der Waals surface area (Å²) >= 11 is 0. The Balaban J connectivity index is 0.000000327. The van der Waals surface area contributed by atoms with Crippen LogP contribution in [0.15, 0.2) is 103 Å². The summed E-state index contributed by atoms with van der Waals surface area (Å²) in [5.74, 6) is 0. The maximum atomic E-state index is 13.3. The summed E-state index contributed by atoms with van der Waals surface area (Å²) in [7, 11) is 0. The van der Waals surface area contributed by atoms with E-state index in [1.807, 2.05) is 69.4 Å². The van der Waals surface area contributed by atoms with Crippen LogP contribution in [0.5, 0.6) is 0 Å². The van der Waals surface area contributed by atoms with E-state index in [4.69, 9.17) is 0 Å². The lowest BCUT2D eigenvalue weighted by Crippen LogP contribution is -2.29. The first-order chi connectivity index (χ1) is 18.3. The van der Waals surface area contributed by atoms with Gasteiger partial charge in [0, 0.05) is 11.9 Å². The summed E-state index contributed by atoms with van der Waals surface area (Å²) in [6.45, 7) is 12.0. The predicted octanol–water partition coefficient (Wildman–Crippen LogP) is 8.81. The number of nitrogens with one attached hydrogen (secondary N) is 2. The van der Waals surface area contributed by atoms with Crippen molar-refractivity contribution in [3.8, 4) is 0 Å². The zero-order valence-electron chi connectivity index (χ0n) is 23.8. The van der Waals surface area contributed by atoms with Crippen molar-refractivity contribution in [3.05, 3.63) is 131 Å². The minimum Gasteiger partial charge on any atom is -0.372 e. The first-order valence-electron chi connectivity index (χ1n) is 13.6. The zero-order chi connectivity index (χ0) is 27.8. The molecule has 4 rings (SSSR count). The Morgan fingerprint density at radius 2 is 1.50 bits per heavy atom. The first-order valence-corrected chi connectivity index (χ1v) is 13.6. The molecule has 0 saturated carbocycles. The van der Waals surface area contributed by atoms with Crippen LogP contribution in [0.4, 0.5) is 10.1 Å². The van der Waals surface area contributed by atoms with Gasteiger partial charge in [-0.05, 0) is 74.6 Å². The summed E-state index contributed by atoms with van der Waals surface area (Å²) < 4.78 is 13.3. The van der Waals surface area contributed by atoms with Crippen molar-refractivity contribution in [3.63, 3.8) is 0 Å². The minimum absolute atomic E-state index is 0.172. The fourth-order valence-corrected chi connectivity index (χ4v) is 3.86. The van der Waals surface area contributed by atoms with Crippen molar-refractivity contribution in [1.29, 1.82) is 0 Å². The Labute approximate surface area is 229 Å². The molecule has 1 heterocycles. The Hall–Kier alpha value is -3.50. The van der Waals surface area contributed by atoms with Crippen LogP contribution in [-0.2, 0) is 18.5 Å². The molecule has 0 fully saturated rings. The third-order valence-electron chi connectivity index (χ3n) is 6.04. The third-order valence-corrected chi connectivity index (χ3v) is 6.04. The van der Waals surface area contributed by atoms with Crippen LogP contribution in [-0.4, -0.2) is 11.7 Å². The minimum atomic E-state index is -1.22. The second kappa shape index (κ2) is 16.4. The molecule has 3 aromatic carbocycles. The zero-order valence-corrected chi connectivity index (χ0v) is 23.8. The first kappa shape index (κ1) is 30.7. The van der Waals surface area contributed by atoms with Gasteiger partial charge >= 0.3 is 0 Å². The molecule has 0 amide bonds. The number of hydrogen-bond donors (Lipinski definition) is 2. The van der Waals surface area contributed by atoms with E-state index in [0.717, 1.165) is 35.3 Å². The highest BCUT2D eigenvalue weighted by atomic mass is 19.1. The average Bonchev–Trinajstić information content (AvgIpc) is 2.95. The molecule has 0 radical (unpaired) electrons. The normalized spacial score (nSPS) is 11.3. The van der Waals surface area contributed by atoms with E-state index in [1.54, 1.807) is 13.8 Å². The highest BCUT2D eigenvalue weighted by Crippen LogP contribution is 2.24. The predicted molar refractivity (Wildman–Crippen MR) is 161 cm³/mol. The van der Waals surface area contributed by atoms with Crippen molar-refractivity contribution in [2.45, 2.75) is 66.1 Å². The number of rotatable bonds is 9. The summed E-state index contributed by atoms with van der Waals surface area (Å²) in [6, 6.07) is 32.9. The SMILES string of the molecule is CC.CCc1ccc(NCNC(Cc2ccccc2)c2ccccn2)cc1.Cc1cccc(C(C)(C)F)c1. The molecule has 0 saturated heterocycles. The summed E-state index contributed by atoms with van der Waals surface area (Å²) in [4.78, 5) is 4.53. The van der Waals surface area contributed by atoms with E-state index in [1.165, 1.54) is 11.1 Å². The molecule has 2 N–H and O–H groups in total. The molecule has 1 aromatic heterocycles. The lowest BCUT2D eigenvalue weighted by atomic mass is 9.99. The second-order valence-electron chi connectivity index (χ2n) is 9.45. The van der Waals surface area contributed by atoms with Crippen LogP contribution in [0.1, 0.15) is 68.6 Å². The largest absolute Gasteiger partial charge is 0.372 e. The number of aromatic nitrogens is 1. The molecule has 0 aliphatic rings. The lowest BCUT2D eigenvalue weighted by Gasteiger charge is -2.19. The highest BCUT2D eigenvalue weighted by molar-refractivity contribution is 5.44. The molecule has 3 nitrogen and oxygen atoms in total. The van der Waals surface area contributed by atoms with Gasteiger partial charge < -0.3 is 5.32 Å². The molecule has 4 aromatic rings. The maximum Gasteiger partial charge on any atom is 0.130 e. The van der Waals surface area contributed by atoms with Gasteiger partial charge in [0.15, 0.2) is 0 Å². The molecule has 38 heavy (non-hydrogen) atoms. The molecule has 0 spiro atoms. The standard InChI is InChI=1S/C22H25N3.C10H13F.C2H6/c1-2-18-11-13-20(14-12-18)24-17-25-22(21-10-6-7-15-23-21)16-19-8-4-3-5-9-19;1-8-5-4-6-9(7-8)10(2,3)11;1-2/h3-15,22,24-25H,2,16-17H2,1H3;4-7H,1-3H3;1-2H3. The van der Waals surface area contributed by atoms with Crippen molar-refractivity contribution < 1.29 is 4.39 Å². The van der Waals surface area contributed by atoms with E-state index < -0.39 is 5.67 Å². The molecule has 4 heteroatoms. The fourth-order valence-electron chi connectivity index (χ4n) is 3.86. The van der Waals surface area contributed by atoms with E-state index in [-0.39, 0.29) is 6.04 Å². The molecule has 0 bridgehead atoms. The number of benzene rings is 3. The van der Waals surface area contributed by atoms with Crippen LogP contribution >= 0.6 is 0 Å². The molecular formula is C34H44FN3. The summed E-state index contributed by atoms with van der Waals surface area (Å²) in [6.07, 6.45) is 3.83. The number of pyridine rings is 1. The van der Waals surface area contributed by atoms with Gasteiger partial charge in [0.25, 0.3) is 0 Å². The fraction of sp³-hybridized carbons (Fsp3) is 0.324. The monoisotopic (exact) mass is 513 g/mol. The van der Waals surface area contributed by atoms with Crippen LogP contribution in [0.2, 0.25) is 0 Å². The van der Waals surface area contributed by atoms with Crippen molar-refractivity contribution in [2.24, 2.45) is 0 Å². The van der Waals surface area contributed by atoms with Gasteiger partial charge in [0.05, 0.1) is 18.4 Å². The number of alkyl halides is 1. The number of aryl methyl sites for hydroxylation is 2. The van der Waals surface area contributed by atoms with Crippen LogP contribution in [0, 0.1) is 6.92 Å². The Kier molecular flexibility index (Phi) is 13.2. The Bertz CT molecular complexity index is 1150. The Morgan fingerprint density at radius 3 is 2.05 bits per heavy atom. The van der Waals surface area contributed by atoms with Gasteiger partial charge in [0.2, 0.25) is 0 Å². The van der Waals surface area contributed by atoms with Gasteiger partial charge in [-0.25, -0.2) is 4.39 Å². The topological polar surface area (TPSA) is 37.0 Å². The Morgan fingerprint density at radius 1 is 0.816 bits per heavy atom. The molecule has 202 valence electrons. The number of nitrogens with zero attached hydrogens (tertiary/aromatic N) is 1. The van der Waals surface area contributed by atoms with Crippen molar-refractivity contribution >= 4 is 5.69 Å². The van der Waals surface area contributed by atoms with Crippen molar-refractivity contribution in [1.82, 2.24) is 10.3 Å². The molecular weight excluding hydrogens is 469 g/mol. The smallest absolute Gasteiger partial charge is 0.130 e. The number of anilines is 1. The average molecular weight is 514 g/mol. The van der Waals surface area contributed by atoms with E-state index in [2.05, 4.69) is 77.1 Å². The molecule has 0 aliphatic carbocycles. The maximum absolute atomic E-state index is 13.3. The molecule has 1 atom stereocenters. The van der Waals surface area contributed by atoms with Crippen LogP contribution in [0.25, 0.3) is 0 Å². The van der Waals surface area contributed by atoms with Crippen LogP contribution in [0.3, 0.4) is 0 Å². The molecule has 1 unspecified atom stereocenters. The van der Waals surface area contributed by atoms with Gasteiger partial charge in [0.1, 0.15) is 5.67 Å². The highest BCUT2D eigenvalue weighted by Gasteiger charge is 2.17. The van der Waals surface area contributed by atoms with Gasteiger partial charge in [-0.1, -0.05) is 99.1 Å². The van der Waals surface area contributed by atoms with Crippen LogP contribution < -0.4 is 10.6 Å². The summed E-state index contributed by atoms with van der Waals surface area (Å²) in [5, 5.41) is 7.03. The summed E-state index contributed by atoms with van der Waals surface area (Å²) in [5.41, 5.74) is 5.49. The lowest BCUT2D eigenvalue weighted by molar-refractivity contribution is 0.221. The van der Waals surface area contributed by atoms with Gasteiger partial charge in [-0.3, -0.25) is 10.3 Å². The van der Waals surface area contributed by atoms with E-state index in [0.29, 0.717) is 6.67 Å². The third kappa shape index (κ3) is 10.9. The van der Waals surface area contributed by atoms with Crippen molar-refractivity contribution in [2.75, 3.05) is 12.0 Å². The number of halogens is 1.